The van der Waals surface area contributed by atoms with Crippen molar-refractivity contribution >= 4 is 5.97 Å². The lowest BCUT2D eigenvalue weighted by Crippen LogP contribution is -2.41. The highest BCUT2D eigenvalue weighted by Crippen LogP contribution is 2.19. The van der Waals surface area contributed by atoms with Crippen LogP contribution in [0.15, 0.2) is 0 Å². The van der Waals surface area contributed by atoms with Gasteiger partial charge in [0.2, 0.25) is 0 Å². The van der Waals surface area contributed by atoms with Crippen LogP contribution in [-0.2, 0) is 4.79 Å². The minimum atomic E-state index is -0.717. The van der Waals surface area contributed by atoms with Crippen LogP contribution in [0.4, 0.5) is 0 Å². The van der Waals surface area contributed by atoms with E-state index < -0.39 is 5.97 Å². The van der Waals surface area contributed by atoms with E-state index in [0.29, 0.717) is 12.5 Å². The van der Waals surface area contributed by atoms with E-state index in [9.17, 15) is 4.79 Å². The van der Waals surface area contributed by atoms with E-state index in [2.05, 4.69) is 24.1 Å². The number of hydrogen-bond acceptors (Lipinski definition) is 3. The standard InChI is InChI=1S/C13H26N2O2/c1-3-8-14-12(13(16)17)7-10-15-9-5-6-11(15)4-2/h11-12,14H,3-10H2,1-2H3,(H,16,17). The Morgan fingerprint density at radius 1 is 1.53 bits per heavy atom. The molecular formula is C13H26N2O2. The summed E-state index contributed by atoms with van der Waals surface area (Å²) in [5.41, 5.74) is 0. The molecule has 0 radical (unpaired) electrons. The van der Waals surface area contributed by atoms with E-state index in [-0.39, 0.29) is 6.04 Å². The van der Waals surface area contributed by atoms with Crippen LogP contribution in [-0.4, -0.2) is 47.7 Å². The Balaban J connectivity index is 2.32. The van der Waals surface area contributed by atoms with Crippen LogP contribution in [0.5, 0.6) is 0 Å². The summed E-state index contributed by atoms with van der Waals surface area (Å²) in [4.78, 5) is 13.5. The molecule has 0 spiro atoms. The predicted molar refractivity (Wildman–Crippen MR) is 69.2 cm³/mol. The van der Waals surface area contributed by atoms with Crippen LogP contribution in [0, 0.1) is 0 Å². The van der Waals surface area contributed by atoms with Gasteiger partial charge in [0.25, 0.3) is 0 Å². The van der Waals surface area contributed by atoms with Crippen molar-refractivity contribution in [1.29, 1.82) is 0 Å². The van der Waals surface area contributed by atoms with Gasteiger partial charge in [-0.1, -0.05) is 13.8 Å². The summed E-state index contributed by atoms with van der Waals surface area (Å²) in [5, 5.41) is 12.2. The normalized spacial score (nSPS) is 22.8. The molecule has 1 heterocycles. The first-order valence-electron chi connectivity index (χ1n) is 6.89. The maximum absolute atomic E-state index is 11.1. The molecule has 1 fully saturated rings. The van der Waals surface area contributed by atoms with Crippen molar-refractivity contribution in [2.75, 3.05) is 19.6 Å². The lowest BCUT2D eigenvalue weighted by atomic mass is 10.1. The van der Waals surface area contributed by atoms with Gasteiger partial charge in [-0.05, 0) is 45.2 Å². The van der Waals surface area contributed by atoms with Crippen molar-refractivity contribution in [2.45, 2.75) is 58.0 Å². The van der Waals surface area contributed by atoms with Crippen molar-refractivity contribution < 1.29 is 9.90 Å². The molecule has 1 saturated heterocycles. The SMILES string of the molecule is CCCNC(CCN1CCCC1CC)C(=O)O. The zero-order valence-corrected chi connectivity index (χ0v) is 11.1. The zero-order valence-electron chi connectivity index (χ0n) is 11.1. The number of aliphatic carboxylic acids is 1. The van der Waals surface area contributed by atoms with Crippen LogP contribution >= 0.6 is 0 Å². The van der Waals surface area contributed by atoms with Gasteiger partial charge in [-0.25, -0.2) is 0 Å². The molecule has 2 atom stereocenters. The minimum absolute atomic E-state index is 0.381. The second-order valence-electron chi connectivity index (χ2n) is 4.87. The molecule has 4 heteroatoms. The number of carboxylic acid groups (broad SMARTS) is 1. The van der Waals surface area contributed by atoms with Gasteiger partial charge in [0.15, 0.2) is 0 Å². The highest BCUT2D eigenvalue weighted by atomic mass is 16.4. The Hall–Kier alpha value is -0.610. The number of nitrogens with one attached hydrogen (secondary N) is 1. The molecule has 0 aliphatic carbocycles. The van der Waals surface area contributed by atoms with Gasteiger partial charge < -0.3 is 15.3 Å². The van der Waals surface area contributed by atoms with Crippen LogP contribution in [0.25, 0.3) is 0 Å². The Morgan fingerprint density at radius 2 is 2.29 bits per heavy atom. The molecule has 17 heavy (non-hydrogen) atoms. The number of carbonyl (C=O) groups is 1. The molecule has 1 aliphatic heterocycles. The van der Waals surface area contributed by atoms with Crippen LogP contribution in [0.3, 0.4) is 0 Å². The van der Waals surface area contributed by atoms with Crippen molar-refractivity contribution in [3.8, 4) is 0 Å². The number of rotatable bonds is 8. The Kier molecular flexibility index (Phi) is 6.52. The summed E-state index contributed by atoms with van der Waals surface area (Å²) >= 11 is 0. The van der Waals surface area contributed by atoms with Crippen molar-refractivity contribution in [1.82, 2.24) is 10.2 Å². The molecule has 4 nitrogen and oxygen atoms in total. The number of likely N-dealkylation sites (tertiary alicyclic amines) is 1. The summed E-state index contributed by atoms with van der Waals surface area (Å²) < 4.78 is 0. The third-order valence-electron chi connectivity index (χ3n) is 3.61. The highest BCUT2D eigenvalue weighted by Gasteiger charge is 2.24. The van der Waals surface area contributed by atoms with Gasteiger partial charge >= 0.3 is 5.97 Å². The second kappa shape index (κ2) is 7.67. The smallest absolute Gasteiger partial charge is 0.320 e. The molecule has 0 bridgehead atoms. The van der Waals surface area contributed by atoms with E-state index in [0.717, 1.165) is 26.1 Å². The molecule has 0 aromatic carbocycles. The highest BCUT2D eigenvalue weighted by molar-refractivity contribution is 5.73. The average Bonchev–Trinajstić information content (AvgIpc) is 2.76. The topological polar surface area (TPSA) is 52.6 Å². The fourth-order valence-corrected chi connectivity index (χ4v) is 2.58. The third kappa shape index (κ3) is 4.64. The number of nitrogens with zero attached hydrogens (tertiary/aromatic N) is 1. The fraction of sp³-hybridized carbons (Fsp3) is 0.923. The molecule has 1 rings (SSSR count). The zero-order chi connectivity index (χ0) is 12.7. The van der Waals surface area contributed by atoms with Crippen LogP contribution < -0.4 is 5.32 Å². The Bertz CT molecular complexity index is 233. The van der Waals surface area contributed by atoms with Crippen molar-refractivity contribution in [3.05, 3.63) is 0 Å². The van der Waals surface area contributed by atoms with E-state index in [1.54, 1.807) is 0 Å². The lowest BCUT2D eigenvalue weighted by Gasteiger charge is -2.25. The van der Waals surface area contributed by atoms with Crippen molar-refractivity contribution in [2.24, 2.45) is 0 Å². The molecule has 0 aromatic heterocycles. The second-order valence-corrected chi connectivity index (χ2v) is 4.87. The Morgan fingerprint density at radius 3 is 2.88 bits per heavy atom. The summed E-state index contributed by atoms with van der Waals surface area (Å²) in [6, 6.07) is 0.295. The maximum atomic E-state index is 11.1. The first kappa shape index (κ1) is 14.5. The van der Waals surface area contributed by atoms with Gasteiger partial charge in [0, 0.05) is 12.6 Å². The molecule has 0 aromatic rings. The number of carboxylic acids is 1. The number of hydrogen-bond donors (Lipinski definition) is 2. The van der Waals surface area contributed by atoms with Crippen LogP contribution in [0.1, 0.15) is 46.0 Å². The fourth-order valence-electron chi connectivity index (χ4n) is 2.58. The van der Waals surface area contributed by atoms with E-state index in [4.69, 9.17) is 5.11 Å². The van der Waals surface area contributed by atoms with Gasteiger partial charge in [0.05, 0.1) is 0 Å². The largest absolute Gasteiger partial charge is 0.480 e. The molecule has 0 amide bonds. The first-order valence-corrected chi connectivity index (χ1v) is 6.89. The average molecular weight is 242 g/mol. The summed E-state index contributed by atoms with van der Waals surface area (Å²) in [6.45, 7) is 7.10. The molecule has 100 valence electrons. The van der Waals surface area contributed by atoms with E-state index in [1.807, 2.05) is 0 Å². The monoisotopic (exact) mass is 242 g/mol. The van der Waals surface area contributed by atoms with Crippen LogP contribution in [0.2, 0.25) is 0 Å². The third-order valence-corrected chi connectivity index (χ3v) is 3.61. The maximum Gasteiger partial charge on any atom is 0.320 e. The molecule has 0 saturated carbocycles. The van der Waals surface area contributed by atoms with Gasteiger partial charge in [-0.15, -0.1) is 0 Å². The summed E-state index contributed by atoms with van der Waals surface area (Å²) in [5.74, 6) is -0.717. The minimum Gasteiger partial charge on any atom is -0.480 e. The summed E-state index contributed by atoms with van der Waals surface area (Å²) in [7, 11) is 0. The lowest BCUT2D eigenvalue weighted by molar-refractivity contribution is -0.139. The quantitative estimate of drug-likeness (QED) is 0.680. The predicted octanol–water partition coefficient (Wildman–Crippen LogP) is 1.70. The summed E-state index contributed by atoms with van der Waals surface area (Å²) in [6.07, 6.45) is 5.41. The molecular weight excluding hydrogens is 216 g/mol. The van der Waals surface area contributed by atoms with Gasteiger partial charge in [-0.2, -0.15) is 0 Å². The van der Waals surface area contributed by atoms with E-state index >= 15 is 0 Å². The first-order chi connectivity index (χ1) is 8.19. The molecule has 2 N–H and O–H groups in total. The van der Waals surface area contributed by atoms with Gasteiger partial charge in [0.1, 0.15) is 6.04 Å². The molecule has 2 unspecified atom stereocenters. The molecule has 1 aliphatic rings. The van der Waals surface area contributed by atoms with Crippen molar-refractivity contribution in [3.63, 3.8) is 0 Å². The Labute approximate surface area is 104 Å². The van der Waals surface area contributed by atoms with Gasteiger partial charge in [-0.3, -0.25) is 4.79 Å². The van der Waals surface area contributed by atoms with E-state index in [1.165, 1.54) is 19.3 Å².